The molecule has 3 nitrogen and oxygen atoms in total. The molecule has 1 amide bonds. The van der Waals surface area contributed by atoms with E-state index in [4.69, 9.17) is 0 Å². The molecular weight excluding hydrogens is 317 g/mol. The third kappa shape index (κ3) is 1.65. The maximum Gasteiger partial charge on any atom is 0.296 e. The van der Waals surface area contributed by atoms with Gasteiger partial charge in [0.05, 0.1) is 11.3 Å². The number of carbonyl (C=O) groups excluding carboxylic acids is 2. The molecule has 0 bridgehead atoms. The largest absolute Gasteiger partial charge is 0.318 e. The maximum absolute atomic E-state index is 11.8. The summed E-state index contributed by atoms with van der Waals surface area (Å²) in [6, 6.07) is 3.72. The Morgan fingerprint density at radius 2 is 1.81 bits per heavy atom. The molecule has 0 saturated heterocycles. The van der Waals surface area contributed by atoms with Gasteiger partial charge in [0, 0.05) is 3.57 Å². The van der Waals surface area contributed by atoms with Crippen LogP contribution in [-0.2, 0) is 10.2 Å². The summed E-state index contributed by atoms with van der Waals surface area (Å²) in [5.74, 6) is -0.944. The SMILES string of the molecule is CC(C)(C)c1c(I)ccc2c1C(=O)C(=O)N2. The van der Waals surface area contributed by atoms with Crippen LogP contribution >= 0.6 is 22.6 Å². The lowest BCUT2D eigenvalue weighted by atomic mass is 9.83. The number of fused-ring (bicyclic) bond motifs is 1. The van der Waals surface area contributed by atoms with Gasteiger partial charge in [-0.05, 0) is 45.7 Å². The van der Waals surface area contributed by atoms with E-state index in [1.54, 1.807) is 6.07 Å². The number of carbonyl (C=O) groups is 2. The molecule has 84 valence electrons. The molecule has 1 N–H and O–H groups in total. The molecule has 1 aliphatic rings. The van der Waals surface area contributed by atoms with Crippen molar-refractivity contribution in [2.24, 2.45) is 0 Å². The van der Waals surface area contributed by atoms with Gasteiger partial charge in [0.15, 0.2) is 0 Å². The van der Waals surface area contributed by atoms with E-state index in [1.165, 1.54) is 0 Å². The summed E-state index contributed by atoms with van der Waals surface area (Å²) in [4.78, 5) is 23.2. The van der Waals surface area contributed by atoms with Gasteiger partial charge in [0.25, 0.3) is 11.7 Å². The Bertz CT molecular complexity index is 500. The fraction of sp³-hybridized carbons (Fsp3) is 0.333. The lowest BCUT2D eigenvalue weighted by molar-refractivity contribution is -0.112. The number of nitrogens with one attached hydrogen (secondary N) is 1. The zero-order valence-electron chi connectivity index (χ0n) is 9.35. The van der Waals surface area contributed by atoms with Gasteiger partial charge in [-0.1, -0.05) is 20.8 Å². The topological polar surface area (TPSA) is 46.2 Å². The van der Waals surface area contributed by atoms with E-state index in [0.717, 1.165) is 9.13 Å². The van der Waals surface area contributed by atoms with Gasteiger partial charge >= 0.3 is 0 Å². The second kappa shape index (κ2) is 3.55. The lowest BCUT2D eigenvalue weighted by Gasteiger charge is -2.23. The summed E-state index contributed by atoms with van der Waals surface area (Å²) < 4.78 is 1.02. The first-order valence-electron chi connectivity index (χ1n) is 5.01. The molecule has 1 aromatic carbocycles. The summed E-state index contributed by atoms with van der Waals surface area (Å²) in [6.07, 6.45) is 0. The fourth-order valence-corrected chi connectivity index (χ4v) is 3.20. The van der Waals surface area contributed by atoms with Crippen molar-refractivity contribution < 1.29 is 9.59 Å². The molecule has 2 rings (SSSR count). The van der Waals surface area contributed by atoms with Crippen LogP contribution in [0.3, 0.4) is 0 Å². The molecular formula is C12H12INO2. The number of amides is 1. The molecule has 0 fully saturated rings. The van der Waals surface area contributed by atoms with E-state index < -0.39 is 11.7 Å². The normalized spacial score (nSPS) is 15.0. The van der Waals surface area contributed by atoms with Gasteiger partial charge < -0.3 is 5.32 Å². The lowest BCUT2D eigenvalue weighted by Crippen LogP contribution is -2.19. The van der Waals surface area contributed by atoms with Crippen LogP contribution in [0.1, 0.15) is 36.7 Å². The van der Waals surface area contributed by atoms with Crippen LogP contribution in [0.2, 0.25) is 0 Å². The van der Waals surface area contributed by atoms with Crippen molar-refractivity contribution in [2.45, 2.75) is 26.2 Å². The summed E-state index contributed by atoms with van der Waals surface area (Å²) in [5.41, 5.74) is 1.99. The highest BCUT2D eigenvalue weighted by molar-refractivity contribution is 14.1. The Morgan fingerprint density at radius 3 is 2.38 bits per heavy atom. The Kier molecular flexibility index (Phi) is 2.57. The number of benzene rings is 1. The van der Waals surface area contributed by atoms with E-state index in [2.05, 4.69) is 27.9 Å². The summed E-state index contributed by atoms with van der Waals surface area (Å²) >= 11 is 2.20. The van der Waals surface area contributed by atoms with Gasteiger partial charge in [-0.25, -0.2) is 0 Å². The quantitative estimate of drug-likeness (QED) is 0.588. The first-order valence-corrected chi connectivity index (χ1v) is 6.09. The first-order chi connectivity index (χ1) is 7.32. The molecule has 0 saturated carbocycles. The van der Waals surface area contributed by atoms with Crippen molar-refractivity contribution in [3.05, 3.63) is 26.8 Å². The minimum absolute atomic E-state index is 0.149. The smallest absolute Gasteiger partial charge is 0.296 e. The average Bonchev–Trinajstić information content (AvgIpc) is 2.42. The fourth-order valence-electron chi connectivity index (χ4n) is 1.94. The summed E-state index contributed by atoms with van der Waals surface area (Å²) in [6.45, 7) is 6.13. The number of anilines is 1. The average molecular weight is 329 g/mol. The van der Waals surface area contributed by atoms with E-state index >= 15 is 0 Å². The monoisotopic (exact) mass is 329 g/mol. The highest BCUT2D eigenvalue weighted by atomic mass is 127. The van der Waals surface area contributed by atoms with E-state index in [0.29, 0.717) is 11.3 Å². The minimum atomic E-state index is -0.525. The molecule has 1 aliphatic heterocycles. The van der Waals surface area contributed by atoms with Crippen LogP contribution in [-0.4, -0.2) is 11.7 Å². The second-order valence-corrected chi connectivity index (χ2v) is 6.04. The molecule has 4 heteroatoms. The number of Topliss-reactive ketones (excluding diaryl/α,β-unsaturated/α-hetero) is 1. The predicted octanol–water partition coefficient (Wildman–Crippen LogP) is 2.72. The van der Waals surface area contributed by atoms with Gasteiger partial charge in [0.1, 0.15) is 0 Å². The Morgan fingerprint density at radius 1 is 1.19 bits per heavy atom. The third-order valence-corrected chi connectivity index (χ3v) is 3.48. The molecule has 0 aromatic heterocycles. The molecule has 1 aromatic rings. The van der Waals surface area contributed by atoms with Gasteiger partial charge in [-0.15, -0.1) is 0 Å². The maximum atomic E-state index is 11.8. The van der Waals surface area contributed by atoms with Crippen LogP contribution in [0.4, 0.5) is 5.69 Å². The molecule has 0 radical (unpaired) electrons. The van der Waals surface area contributed by atoms with Gasteiger partial charge in [-0.3, -0.25) is 9.59 Å². The number of hydrogen-bond acceptors (Lipinski definition) is 2. The number of rotatable bonds is 0. The van der Waals surface area contributed by atoms with E-state index in [-0.39, 0.29) is 5.41 Å². The highest BCUT2D eigenvalue weighted by Gasteiger charge is 2.35. The zero-order valence-corrected chi connectivity index (χ0v) is 11.5. The number of ketones is 1. The number of halogens is 1. The van der Waals surface area contributed by atoms with E-state index in [9.17, 15) is 9.59 Å². The molecule has 0 aliphatic carbocycles. The van der Waals surface area contributed by atoms with Crippen LogP contribution in [0, 0.1) is 3.57 Å². The van der Waals surface area contributed by atoms with Crippen molar-refractivity contribution in [1.82, 2.24) is 0 Å². The van der Waals surface area contributed by atoms with Crippen LogP contribution in [0.25, 0.3) is 0 Å². The van der Waals surface area contributed by atoms with Crippen molar-refractivity contribution in [3.63, 3.8) is 0 Å². The van der Waals surface area contributed by atoms with Crippen molar-refractivity contribution in [2.75, 3.05) is 5.32 Å². The van der Waals surface area contributed by atoms with Gasteiger partial charge in [-0.2, -0.15) is 0 Å². The third-order valence-electron chi connectivity index (χ3n) is 2.59. The standard InChI is InChI=1S/C12H12INO2/c1-12(2,3)9-6(13)4-5-7-8(9)10(15)11(16)14-7/h4-5H,1-3H3,(H,14,15,16). The summed E-state index contributed by atoms with van der Waals surface area (Å²) in [5, 5.41) is 2.60. The van der Waals surface area contributed by atoms with Crippen molar-refractivity contribution in [3.8, 4) is 0 Å². The second-order valence-electron chi connectivity index (χ2n) is 4.88. The zero-order chi connectivity index (χ0) is 12.1. The Labute approximate surface area is 108 Å². The van der Waals surface area contributed by atoms with Crippen LogP contribution < -0.4 is 5.32 Å². The molecule has 0 spiro atoms. The van der Waals surface area contributed by atoms with Gasteiger partial charge in [0.2, 0.25) is 0 Å². The van der Waals surface area contributed by atoms with Crippen molar-refractivity contribution in [1.29, 1.82) is 0 Å². The Balaban J connectivity index is 2.76. The first kappa shape index (κ1) is 11.6. The number of hydrogen-bond donors (Lipinski definition) is 1. The minimum Gasteiger partial charge on any atom is -0.318 e. The Hall–Kier alpha value is -0.910. The molecule has 16 heavy (non-hydrogen) atoms. The van der Waals surface area contributed by atoms with Crippen LogP contribution in [0.15, 0.2) is 12.1 Å². The van der Waals surface area contributed by atoms with E-state index in [1.807, 2.05) is 26.8 Å². The highest BCUT2D eigenvalue weighted by Crippen LogP contribution is 2.37. The molecule has 1 heterocycles. The predicted molar refractivity (Wildman–Crippen MR) is 70.8 cm³/mol. The summed E-state index contributed by atoms with van der Waals surface area (Å²) in [7, 11) is 0. The van der Waals surface area contributed by atoms with Crippen molar-refractivity contribution >= 4 is 40.0 Å². The van der Waals surface area contributed by atoms with Crippen LogP contribution in [0.5, 0.6) is 0 Å². The molecule has 0 atom stereocenters. The molecule has 0 unspecified atom stereocenters.